The normalized spacial score (nSPS) is 12.7. The van der Waals surface area contributed by atoms with Gasteiger partial charge in [-0.1, -0.05) is 308 Å². The Bertz CT molecular complexity index is 1110. The molecule has 0 fully saturated rings. The highest BCUT2D eigenvalue weighted by molar-refractivity contribution is 5.76. The lowest BCUT2D eigenvalue weighted by Crippen LogP contribution is -2.45. The number of ether oxygens (including phenoxy) is 1. The van der Waals surface area contributed by atoms with Gasteiger partial charge in [-0.05, 0) is 57.8 Å². The van der Waals surface area contributed by atoms with Gasteiger partial charge in [0.1, 0.15) is 0 Å². The summed E-state index contributed by atoms with van der Waals surface area (Å²) in [5.41, 5.74) is 0. The van der Waals surface area contributed by atoms with Crippen molar-refractivity contribution in [3.8, 4) is 0 Å². The highest BCUT2D eigenvalue weighted by Gasteiger charge is 2.18. The van der Waals surface area contributed by atoms with Crippen LogP contribution in [0.5, 0.6) is 0 Å². The zero-order valence-corrected chi connectivity index (χ0v) is 48.0. The Morgan fingerprint density at radius 3 is 1.01 bits per heavy atom. The van der Waals surface area contributed by atoms with Crippen molar-refractivity contribution in [3.63, 3.8) is 0 Å². The van der Waals surface area contributed by atoms with Gasteiger partial charge in [0.2, 0.25) is 5.91 Å². The van der Waals surface area contributed by atoms with Gasteiger partial charge in [-0.15, -0.1) is 0 Å². The first kappa shape index (κ1) is 69.3. The number of hydrogen-bond donors (Lipinski definition) is 3. The summed E-state index contributed by atoms with van der Waals surface area (Å²) in [4.78, 5) is 24.6. The highest BCUT2D eigenvalue weighted by Crippen LogP contribution is 2.18. The molecule has 0 heterocycles. The average molecular weight is 1000 g/mol. The molecule has 0 saturated carbocycles. The van der Waals surface area contributed by atoms with Crippen LogP contribution in [0.3, 0.4) is 0 Å². The van der Waals surface area contributed by atoms with Crippen molar-refractivity contribution in [1.82, 2.24) is 5.32 Å². The zero-order valence-electron chi connectivity index (χ0n) is 48.0. The third kappa shape index (κ3) is 57.5. The van der Waals surface area contributed by atoms with Gasteiger partial charge in [-0.3, -0.25) is 9.59 Å². The van der Waals surface area contributed by atoms with Crippen LogP contribution in [0.15, 0.2) is 24.3 Å². The molecular formula is C65H125NO5. The van der Waals surface area contributed by atoms with E-state index in [0.717, 1.165) is 70.6 Å². The van der Waals surface area contributed by atoms with Crippen LogP contribution in [0.25, 0.3) is 0 Å². The van der Waals surface area contributed by atoms with E-state index in [1.807, 2.05) is 6.08 Å². The van der Waals surface area contributed by atoms with Gasteiger partial charge in [0.15, 0.2) is 0 Å². The largest absolute Gasteiger partial charge is 0.466 e. The van der Waals surface area contributed by atoms with Crippen LogP contribution in [0, 0.1) is 0 Å². The molecule has 0 aliphatic heterocycles. The van der Waals surface area contributed by atoms with Crippen LogP contribution in [-0.2, 0) is 14.3 Å². The highest BCUT2D eigenvalue weighted by atomic mass is 16.5. The van der Waals surface area contributed by atoms with Crippen LogP contribution in [-0.4, -0.2) is 47.4 Å². The van der Waals surface area contributed by atoms with Crippen LogP contribution < -0.4 is 5.32 Å². The molecule has 420 valence electrons. The molecule has 0 aliphatic carbocycles. The smallest absolute Gasteiger partial charge is 0.305 e. The average Bonchev–Trinajstić information content (AvgIpc) is 3.37. The maximum Gasteiger partial charge on any atom is 0.305 e. The van der Waals surface area contributed by atoms with E-state index in [1.165, 1.54) is 257 Å². The fourth-order valence-electron chi connectivity index (χ4n) is 10.0. The minimum Gasteiger partial charge on any atom is -0.466 e. The van der Waals surface area contributed by atoms with E-state index in [0.29, 0.717) is 19.4 Å². The lowest BCUT2D eigenvalue weighted by Gasteiger charge is -2.19. The van der Waals surface area contributed by atoms with Gasteiger partial charge < -0.3 is 20.3 Å². The summed E-state index contributed by atoms with van der Waals surface area (Å²) in [5, 5.41) is 23.2. The van der Waals surface area contributed by atoms with Crippen molar-refractivity contribution in [2.45, 2.75) is 366 Å². The second-order valence-electron chi connectivity index (χ2n) is 22.1. The maximum atomic E-state index is 12.5. The third-order valence-electron chi connectivity index (χ3n) is 15.0. The molecule has 6 nitrogen and oxygen atoms in total. The molecule has 0 aromatic carbocycles. The second kappa shape index (κ2) is 60.9. The number of aliphatic hydroxyl groups excluding tert-OH is 2. The van der Waals surface area contributed by atoms with Gasteiger partial charge in [-0.2, -0.15) is 0 Å². The Morgan fingerprint density at radius 2 is 0.662 bits per heavy atom. The Kier molecular flexibility index (Phi) is 59.5. The molecule has 0 bridgehead atoms. The van der Waals surface area contributed by atoms with Crippen molar-refractivity contribution < 1.29 is 24.5 Å². The molecule has 2 atom stereocenters. The molecule has 0 rings (SSSR count). The van der Waals surface area contributed by atoms with E-state index < -0.39 is 12.1 Å². The Labute approximate surface area is 443 Å². The van der Waals surface area contributed by atoms with Gasteiger partial charge in [0, 0.05) is 12.8 Å². The third-order valence-corrected chi connectivity index (χ3v) is 15.0. The lowest BCUT2D eigenvalue weighted by atomic mass is 10.0. The van der Waals surface area contributed by atoms with E-state index >= 15 is 0 Å². The van der Waals surface area contributed by atoms with E-state index in [4.69, 9.17) is 4.74 Å². The van der Waals surface area contributed by atoms with E-state index in [2.05, 4.69) is 31.3 Å². The summed E-state index contributed by atoms with van der Waals surface area (Å²) < 4.78 is 5.48. The summed E-state index contributed by atoms with van der Waals surface area (Å²) >= 11 is 0. The fraction of sp³-hybridized carbons (Fsp3) is 0.908. The summed E-state index contributed by atoms with van der Waals surface area (Å²) in [6, 6.07) is -0.649. The number of unbranched alkanes of at least 4 members (excludes halogenated alkanes) is 47. The minimum atomic E-state index is -0.863. The number of rotatable bonds is 60. The number of nitrogens with one attached hydrogen (secondary N) is 1. The summed E-state index contributed by atoms with van der Waals surface area (Å²) in [5.74, 6) is -0.103. The first-order valence-corrected chi connectivity index (χ1v) is 32.1. The van der Waals surface area contributed by atoms with E-state index in [1.54, 1.807) is 6.08 Å². The molecule has 6 heteroatoms. The molecule has 3 N–H and O–H groups in total. The van der Waals surface area contributed by atoms with Gasteiger partial charge >= 0.3 is 5.97 Å². The first-order valence-electron chi connectivity index (χ1n) is 32.1. The number of carbonyl (C=O) groups excluding carboxylic acids is 2. The SMILES string of the molecule is CCCCCCCCCCCCCCCCCCCCCCCC/C=C/C(O)C(CO)NC(=O)CCCCC/C=C\CCCCCCCCOC(=O)CCCCCCCCCCCCCCCCCCC. The second-order valence-corrected chi connectivity index (χ2v) is 22.1. The van der Waals surface area contributed by atoms with Crippen molar-refractivity contribution >= 4 is 11.9 Å². The summed E-state index contributed by atoms with van der Waals surface area (Å²) in [7, 11) is 0. The Balaban J connectivity index is 3.49. The van der Waals surface area contributed by atoms with Gasteiger partial charge in [0.05, 0.1) is 25.4 Å². The zero-order chi connectivity index (χ0) is 51.4. The van der Waals surface area contributed by atoms with Gasteiger partial charge in [-0.25, -0.2) is 0 Å². The standard InChI is InChI=1S/C65H125NO5/c1-3-5-7-9-11-13-15-17-19-21-22-23-24-25-26-27-29-30-33-37-41-45-49-53-57-63(68)62(61-67)66-64(69)58-54-50-46-42-38-34-32-36-40-44-48-52-56-60-71-65(70)59-55-51-47-43-39-35-31-28-20-18-16-14-12-10-8-6-4-2/h34,38,53,57,62-63,67-68H,3-33,35-37,39-52,54-56,58-61H2,1-2H3,(H,66,69)/b38-34-,57-53+. The topological polar surface area (TPSA) is 95.9 Å². The molecular weight excluding hydrogens is 875 g/mol. The van der Waals surface area contributed by atoms with E-state index in [-0.39, 0.29) is 18.5 Å². The van der Waals surface area contributed by atoms with Crippen LogP contribution in [0.1, 0.15) is 354 Å². The molecule has 71 heavy (non-hydrogen) atoms. The van der Waals surface area contributed by atoms with Crippen LogP contribution >= 0.6 is 0 Å². The number of carbonyl (C=O) groups is 2. The predicted molar refractivity (Wildman–Crippen MR) is 310 cm³/mol. The molecule has 0 aliphatic rings. The van der Waals surface area contributed by atoms with E-state index in [9.17, 15) is 19.8 Å². The van der Waals surface area contributed by atoms with Gasteiger partial charge in [0.25, 0.3) is 0 Å². The monoisotopic (exact) mass is 1000 g/mol. The number of amides is 1. The van der Waals surface area contributed by atoms with Crippen LogP contribution in [0.2, 0.25) is 0 Å². The first-order chi connectivity index (χ1) is 35.0. The summed E-state index contributed by atoms with van der Waals surface area (Å²) in [6.45, 7) is 4.90. The molecule has 0 aromatic rings. The predicted octanol–water partition coefficient (Wildman–Crippen LogP) is 20.2. The van der Waals surface area contributed by atoms with Crippen molar-refractivity contribution in [1.29, 1.82) is 0 Å². The summed E-state index contributed by atoms with van der Waals surface area (Å²) in [6.07, 6.45) is 75.1. The Hall–Kier alpha value is -1.66. The van der Waals surface area contributed by atoms with Crippen molar-refractivity contribution in [3.05, 3.63) is 24.3 Å². The van der Waals surface area contributed by atoms with Crippen LogP contribution in [0.4, 0.5) is 0 Å². The molecule has 0 aromatic heterocycles. The minimum absolute atomic E-state index is 0.00918. The number of esters is 1. The molecule has 0 radical (unpaired) electrons. The van der Waals surface area contributed by atoms with Crippen molar-refractivity contribution in [2.24, 2.45) is 0 Å². The molecule has 0 spiro atoms. The number of hydrogen-bond acceptors (Lipinski definition) is 5. The Morgan fingerprint density at radius 1 is 0.380 bits per heavy atom. The molecule has 1 amide bonds. The number of allylic oxidation sites excluding steroid dienone is 3. The fourth-order valence-corrected chi connectivity index (χ4v) is 10.0. The maximum absolute atomic E-state index is 12.5. The lowest BCUT2D eigenvalue weighted by molar-refractivity contribution is -0.143. The van der Waals surface area contributed by atoms with Crippen molar-refractivity contribution in [2.75, 3.05) is 13.2 Å². The molecule has 0 saturated heterocycles. The molecule has 2 unspecified atom stereocenters. The number of aliphatic hydroxyl groups is 2. The quantitative estimate of drug-likeness (QED) is 0.0320.